The van der Waals surface area contributed by atoms with Gasteiger partial charge in [0.2, 0.25) is 0 Å². The first-order valence-electron chi connectivity index (χ1n) is 6.99. The first-order chi connectivity index (χ1) is 11.1. The van der Waals surface area contributed by atoms with E-state index in [2.05, 4.69) is 18.7 Å². The summed E-state index contributed by atoms with van der Waals surface area (Å²) < 4.78 is 5.33. The topological polar surface area (TPSA) is 104 Å². The molecule has 0 saturated heterocycles. The molecule has 1 saturated carbocycles. The number of nitrogens with zero attached hydrogens (tertiary/aromatic N) is 4. The second-order valence-corrected chi connectivity index (χ2v) is 5.51. The van der Waals surface area contributed by atoms with Gasteiger partial charge in [-0.05, 0) is 12.5 Å². The summed E-state index contributed by atoms with van der Waals surface area (Å²) in [7, 11) is 1.47. The number of rotatable bonds is 3. The van der Waals surface area contributed by atoms with Gasteiger partial charge in [0.1, 0.15) is 5.75 Å². The van der Waals surface area contributed by atoms with Crippen molar-refractivity contribution in [2.45, 2.75) is 12.3 Å². The quantitative estimate of drug-likeness (QED) is 0.798. The van der Waals surface area contributed by atoms with Crippen molar-refractivity contribution in [2.75, 3.05) is 7.11 Å². The van der Waals surface area contributed by atoms with Crippen molar-refractivity contribution >= 4 is 0 Å². The van der Waals surface area contributed by atoms with Crippen molar-refractivity contribution in [2.24, 2.45) is 16.7 Å². The van der Waals surface area contributed by atoms with E-state index in [0.717, 1.165) is 0 Å². The molecule has 2 rings (SSSR count). The van der Waals surface area contributed by atoms with Crippen molar-refractivity contribution in [3.8, 4) is 30.0 Å². The van der Waals surface area contributed by atoms with Gasteiger partial charge in [0, 0.05) is 11.5 Å². The minimum absolute atomic E-state index is 0.0906. The lowest BCUT2D eigenvalue weighted by Crippen LogP contribution is -2.32. The second kappa shape index (κ2) is 5.84. The molecule has 2 atom stereocenters. The van der Waals surface area contributed by atoms with E-state index in [1.165, 1.54) is 13.2 Å². The largest absolute Gasteiger partial charge is 0.496 e. The number of para-hydroxylation sites is 1. The lowest BCUT2D eigenvalue weighted by molar-refractivity contribution is 0.346. The van der Waals surface area contributed by atoms with Gasteiger partial charge in [-0.2, -0.15) is 21.0 Å². The maximum atomic E-state index is 9.76. The lowest BCUT2D eigenvalue weighted by Gasteiger charge is -2.30. The summed E-state index contributed by atoms with van der Waals surface area (Å²) in [6, 6.07) is 15.1. The summed E-state index contributed by atoms with van der Waals surface area (Å²) >= 11 is 0. The molecule has 0 spiro atoms. The number of ether oxygens (including phenoxy) is 1. The van der Waals surface area contributed by atoms with E-state index in [9.17, 15) is 21.0 Å². The van der Waals surface area contributed by atoms with Gasteiger partial charge in [-0.15, -0.1) is 6.58 Å². The van der Waals surface area contributed by atoms with Gasteiger partial charge in [0.05, 0.1) is 37.3 Å². The van der Waals surface area contributed by atoms with Crippen LogP contribution in [0.2, 0.25) is 0 Å². The van der Waals surface area contributed by atoms with Crippen LogP contribution in [-0.2, 0) is 0 Å². The average molecular weight is 302 g/mol. The highest BCUT2D eigenvalue weighted by Crippen LogP contribution is 2.63. The van der Waals surface area contributed by atoms with Gasteiger partial charge < -0.3 is 4.74 Å². The van der Waals surface area contributed by atoms with E-state index in [1.54, 1.807) is 24.3 Å². The first kappa shape index (κ1) is 16.1. The van der Waals surface area contributed by atoms with Gasteiger partial charge in [-0.25, -0.2) is 0 Å². The third-order valence-electron chi connectivity index (χ3n) is 4.58. The molecule has 0 amide bonds. The van der Waals surface area contributed by atoms with Crippen molar-refractivity contribution in [1.82, 2.24) is 0 Å². The summed E-state index contributed by atoms with van der Waals surface area (Å²) in [6.45, 7) is 3.69. The van der Waals surface area contributed by atoms with Crippen molar-refractivity contribution < 1.29 is 4.74 Å². The summed E-state index contributed by atoms with van der Waals surface area (Å²) in [5, 5.41) is 38.9. The van der Waals surface area contributed by atoms with Gasteiger partial charge >= 0.3 is 0 Å². The van der Waals surface area contributed by atoms with E-state index in [1.807, 2.05) is 12.1 Å². The van der Waals surface area contributed by atoms with Gasteiger partial charge in [0.15, 0.2) is 10.8 Å². The van der Waals surface area contributed by atoms with E-state index in [-0.39, 0.29) is 6.42 Å². The number of methoxy groups -OCH3 is 1. The van der Waals surface area contributed by atoms with Crippen LogP contribution in [0.15, 0.2) is 36.9 Å². The summed E-state index contributed by atoms with van der Waals surface area (Å²) in [4.78, 5) is 0. The fourth-order valence-corrected chi connectivity index (χ4v) is 3.48. The van der Waals surface area contributed by atoms with E-state index in [4.69, 9.17) is 4.74 Å². The Kier molecular flexibility index (Phi) is 4.09. The standard InChI is InChI=1S/C18H14N4O/c1-3-13-8-17(9-19,10-20)16(18(13,11-21)12-22)14-6-4-5-7-15(14)23-2/h3-7,13,16H,1,8H2,2H3/t13-,16-/m1/s1. The second-order valence-electron chi connectivity index (χ2n) is 5.51. The molecule has 0 N–H and O–H groups in total. The SMILES string of the molecule is C=C[C@@H]1CC(C#N)(C#N)[C@@H](c2ccccc2OC)C1(C#N)C#N. The van der Waals surface area contributed by atoms with Gasteiger partial charge in [-0.1, -0.05) is 24.3 Å². The maximum Gasteiger partial charge on any atom is 0.159 e. The van der Waals surface area contributed by atoms with Crippen LogP contribution in [0.1, 0.15) is 17.9 Å². The Labute approximate surface area is 135 Å². The van der Waals surface area contributed by atoms with Crippen molar-refractivity contribution in [1.29, 1.82) is 21.0 Å². The molecule has 1 aliphatic rings. The first-order valence-corrected chi connectivity index (χ1v) is 6.99. The van der Waals surface area contributed by atoms with E-state index >= 15 is 0 Å². The zero-order valence-corrected chi connectivity index (χ0v) is 12.7. The highest BCUT2D eigenvalue weighted by molar-refractivity contribution is 5.50. The van der Waals surface area contributed by atoms with Gasteiger partial charge in [0.25, 0.3) is 0 Å². The molecule has 23 heavy (non-hydrogen) atoms. The maximum absolute atomic E-state index is 9.76. The number of hydrogen-bond donors (Lipinski definition) is 0. The van der Waals surface area contributed by atoms with Gasteiger partial charge in [-0.3, -0.25) is 0 Å². The molecule has 1 aromatic rings. The van der Waals surface area contributed by atoms with Crippen molar-refractivity contribution in [3.05, 3.63) is 42.5 Å². The normalized spacial score (nSPS) is 23.5. The summed E-state index contributed by atoms with van der Waals surface area (Å²) in [5.74, 6) is -1.03. The molecule has 5 nitrogen and oxygen atoms in total. The van der Waals surface area contributed by atoms with Crippen LogP contribution >= 0.6 is 0 Å². The highest BCUT2D eigenvalue weighted by Gasteiger charge is 2.65. The highest BCUT2D eigenvalue weighted by atomic mass is 16.5. The molecular weight excluding hydrogens is 288 g/mol. The van der Waals surface area contributed by atoms with Crippen LogP contribution in [0.3, 0.4) is 0 Å². The fraction of sp³-hybridized carbons (Fsp3) is 0.333. The van der Waals surface area contributed by atoms with Crippen LogP contribution in [-0.4, -0.2) is 7.11 Å². The van der Waals surface area contributed by atoms with E-state index < -0.39 is 22.7 Å². The molecule has 0 radical (unpaired) electrons. The number of allylic oxidation sites excluding steroid dienone is 1. The van der Waals surface area contributed by atoms with Crippen LogP contribution in [0, 0.1) is 62.1 Å². The Morgan fingerprint density at radius 3 is 2.22 bits per heavy atom. The minimum atomic E-state index is -1.54. The molecule has 1 aliphatic carbocycles. The Morgan fingerprint density at radius 1 is 1.13 bits per heavy atom. The Bertz CT molecular complexity index is 772. The van der Waals surface area contributed by atoms with Crippen LogP contribution < -0.4 is 4.74 Å². The van der Waals surface area contributed by atoms with Crippen LogP contribution in [0.4, 0.5) is 0 Å². The summed E-state index contributed by atoms with van der Waals surface area (Å²) in [5.41, 5.74) is -2.51. The Balaban J connectivity index is 2.85. The minimum Gasteiger partial charge on any atom is -0.496 e. The molecule has 0 aliphatic heterocycles. The number of hydrogen-bond acceptors (Lipinski definition) is 5. The predicted octanol–water partition coefficient (Wildman–Crippen LogP) is 3.05. The average Bonchev–Trinajstić information content (AvgIpc) is 2.91. The third kappa shape index (κ3) is 2.03. The number of benzene rings is 1. The Hall–Kier alpha value is -3.28. The third-order valence-corrected chi connectivity index (χ3v) is 4.58. The smallest absolute Gasteiger partial charge is 0.159 e. The molecule has 0 heterocycles. The molecular formula is C18H14N4O. The zero-order valence-electron chi connectivity index (χ0n) is 12.7. The molecule has 5 heteroatoms. The van der Waals surface area contributed by atoms with E-state index in [0.29, 0.717) is 11.3 Å². The van der Waals surface area contributed by atoms with Crippen molar-refractivity contribution in [3.63, 3.8) is 0 Å². The molecule has 0 unspecified atom stereocenters. The number of nitriles is 4. The Morgan fingerprint density at radius 2 is 1.74 bits per heavy atom. The molecule has 0 aromatic heterocycles. The molecule has 1 fully saturated rings. The lowest BCUT2D eigenvalue weighted by atomic mass is 9.66. The van der Waals surface area contributed by atoms with Crippen LogP contribution in [0.25, 0.3) is 0 Å². The molecule has 112 valence electrons. The zero-order chi connectivity index (χ0) is 17.1. The fourth-order valence-electron chi connectivity index (χ4n) is 3.48. The predicted molar refractivity (Wildman–Crippen MR) is 81.4 cm³/mol. The monoisotopic (exact) mass is 302 g/mol. The molecule has 1 aromatic carbocycles. The van der Waals surface area contributed by atoms with Crippen LogP contribution in [0.5, 0.6) is 5.75 Å². The molecule has 0 bridgehead atoms. The summed E-state index contributed by atoms with van der Waals surface area (Å²) in [6.07, 6.45) is 1.58.